The van der Waals surface area contributed by atoms with E-state index in [1.165, 1.54) is 0 Å². The molecular formula is C22H18Cl2N2O3. The van der Waals surface area contributed by atoms with E-state index >= 15 is 0 Å². The molecule has 0 saturated heterocycles. The van der Waals surface area contributed by atoms with Crippen LogP contribution in [0.25, 0.3) is 0 Å². The van der Waals surface area contributed by atoms with Crippen LogP contribution >= 0.6 is 23.2 Å². The van der Waals surface area contributed by atoms with Gasteiger partial charge in [-0.15, -0.1) is 0 Å². The van der Waals surface area contributed by atoms with Crippen LogP contribution in [-0.2, 0) is 4.79 Å². The highest BCUT2D eigenvalue weighted by atomic mass is 35.5. The topological polar surface area (TPSA) is 67.4 Å². The highest BCUT2D eigenvalue weighted by Gasteiger charge is 2.19. The molecule has 5 nitrogen and oxygen atoms in total. The summed E-state index contributed by atoms with van der Waals surface area (Å²) >= 11 is 12.1. The van der Waals surface area contributed by atoms with Crippen LogP contribution in [-0.4, -0.2) is 17.9 Å². The molecule has 148 valence electrons. The van der Waals surface area contributed by atoms with Crippen LogP contribution in [0.2, 0.25) is 10.0 Å². The lowest BCUT2D eigenvalue weighted by atomic mass is 10.2. The molecule has 0 aliphatic heterocycles. The molecule has 7 heteroatoms. The highest BCUT2D eigenvalue weighted by Crippen LogP contribution is 2.32. The lowest BCUT2D eigenvalue weighted by Crippen LogP contribution is -2.30. The van der Waals surface area contributed by atoms with E-state index < -0.39 is 12.0 Å². The minimum Gasteiger partial charge on any atom is -0.479 e. The lowest BCUT2D eigenvalue weighted by molar-refractivity contribution is -0.122. The molecule has 0 radical (unpaired) electrons. The van der Waals surface area contributed by atoms with Gasteiger partial charge in [0.05, 0.1) is 16.4 Å². The number of para-hydroxylation sites is 2. The first-order valence-corrected chi connectivity index (χ1v) is 9.58. The van der Waals surface area contributed by atoms with Crippen LogP contribution in [0.15, 0.2) is 72.8 Å². The smallest absolute Gasteiger partial charge is 0.265 e. The number of benzene rings is 3. The first kappa shape index (κ1) is 20.7. The summed E-state index contributed by atoms with van der Waals surface area (Å²) in [5, 5.41) is 6.15. The second-order valence-electron chi connectivity index (χ2n) is 6.17. The molecule has 2 amide bonds. The van der Waals surface area contributed by atoms with Crippen LogP contribution in [0.1, 0.15) is 17.3 Å². The predicted octanol–water partition coefficient (Wildman–Crippen LogP) is 5.65. The number of rotatable bonds is 6. The van der Waals surface area contributed by atoms with Crippen LogP contribution < -0.4 is 15.4 Å². The summed E-state index contributed by atoms with van der Waals surface area (Å²) in [4.78, 5) is 25.0. The van der Waals surface area contributed by atoms with E-state index in [0.717, 1.165) is 0 Å². The lowest BCUT2D eigenvalue weighted by Gasteiger charge is -2.17. The zero-order valence-electron chi connectivity index (χ0n) is 15.5. The number of nitrogens with one attached hydrogen (secondary N) is 2. The van der Waals surface area contributed by atoms with Gasteiger partial charge < -0.3 is 15.4 Å². The van der Waals surface area contributed by atoms with E-state index in [4.69, 9.17) is 27.9 Å². The van der Waals surface area contributed by atoms with Crippen molar-refractivity contribution in [3.8, 4) is 5.75 Å². The third-order valence-electron chi connectivity index (χ3n) is 4.06. The summed E-state index contributed by atoms with van der Waals surface area (Å²) in [7, 11) is 0. The van der Waals surface area contributed by atoms with Crippen LogP contribution in [0.5, 0.6) is 5.75 Å². The van der Waals surface area contributed by atoms with E-state index in [-0.39, 0.29) is 10.9 Å². The molecule has 2 N–H and O–H groups in total. The Balaban J connectivity index is 1.70. The molecule has 0 aromatic heterocycles. The van der Waals surface area contributed by atoms with Crippen molar-refractivity contribution in [1.29, 1.82) is 0 Å². The minimum atomic E-state index is -0.844. The molecule has 0 bridgehead atoms. The summed E-state index contributed by atoms with van der Waals surface area (Å²) in [6, 6.07) is 20.7. The molecule has 1 unspecified atom stereocenters. The van der Waals surface area contributed by atoms with Crippen molar-refractivity contribution in [1.82, 2.24) is 0 Å². The van der Waals surface area contributed by atoms with Crippen LogP contribution in [0, 0.1) is 0 Å². The van der Waals surface area contributed by atoms with Crippen molar-refractivity contribution in [2.24, 2.45) is 0 Å². The fourth-order valence-electron chi connectivity index (χ4n) is 2.54. The summed E-state index contributed by atoms with van der Waals surface area (Å²) < 4.78 is 5.63. The Morgan fingerprint density at radius 1 is 0.828 bits per heavy atom. The number of ether oxygens (including phenoxy) is 1. The largest absolute Gasteiger partial charge is 0.479 e. The first-order valence-electron chi connectivity index (χ1n) is 8.82. The molecule has 0 spiro atoms. The molecular weight excluding hydrogens is 411 g/mol. The Labute approximate surface area is 178 Å². The van der Waals surface area contributed by atoms with Crippen molar-refractivity contribution in [3.05, 3.63) is 88.4 Å². The van der Waals surface area contributed by atoms with E-state index in [2.05, 4.69) is 10.6 Å². The molecule has 29 heavy (non-hydrogen) atoms. The van der Waals surface area contributed by atoms with Gasteiger partial charge in [0.2, 0.25) is 0 Å². The molecule has 3 aromatic carbocycles. The predicted molar refractivity (Wildman–Crippen MR) is 116 cm³/mol. The average molecular weight is 429 g/mol. The molecule has 3 aromatic rings. The second kappa shape index (κ2) is 9.45. The van der Waals surface area contributed by atoms with Gasteiger partial charge in [-0.1, -0.05) is 59.6 Å². The van der Waals surface area contributed by atoms with Gasteiger partial charge in [-0.3, -0.25) is 9.59 Å². The third kappa shape index (κ3) is 5.28. The number of anilines is 2. The Morgan fingerprint density at radius 3 is 2.14 bits per heavy atom. The van der Waals surface area contributed by atoms with Crippen molar-refractivity contribution < 1.29 is 14.3 Å². The number of amides is 2. The van der Waals surface area contributed by atoms with E-state index in [9.17, 15) is 9.59 Å². The van der Waals surface area contributed by atoms with Gasteiger partial charge in [-0.25, -0.2) is 0 Å². The molecule has 3 rings (SSSR count). The number of hydrogen-bond donors (Lipinski definition) is 2. The van der Waals surface area contributed by atoms with Gasteiger partial charge >= 0.3 is 0 Å². The SMILES string of the molecule is CC(Oc1cccc(Cl)c1Cl)C(=O)Nc1ccccc1NC(=O)c1ccccc1. The fourth-order valence-corrected chi connectivity index (χ4v) is 2.87. The summed E-state index contributed by atoms with van der Waals surface area (Å²) in [6.45, 7) is 1.59. The Bertz CT molecular complexity index is 1030. The number of carbonyl (C=O) groups is 2. The standard InChI is InChI=1S/C22H18Cl2N2O3/c1-14(29-19-13-7-10-16(23)20(19)24)21(27)25-17-11-5-6-12-18(17)26-22(28)15-8-3-2-4-9-15/h2-14H,1H3,(H,25,27)(H,26,28). The third-order valence-corrected chi connectivity index (χ3v) is 4.86. The monoisotopic (exact) mass is 428 g/mol. The number of halogens is 2. The number of carbonyl (C=O) groups excluding carboxylic acids is 2. The van der Waals surface area contributed by atoms with Crippen LogP contribution in [0.4, 0.5) is 11.4 Å². The first-order chi connectivity index (χ1) is 14.0. The molecule has 0 saturated carbocycles. The van der Waals surface area contributed by atoms with Gasteiger partial charge in [0.25, 0.3) is 11.8 Å². The average Bonchev–Trinajstić information content (AvgIpc) is 2.73. The molecule has 0 fully saturated rings. The van der Waals surface area contributed by atoms with Crippen molar-refractivity contribution in [3.63, 3.8) is 0 Å². The van der Waals surface area contributed by atoms with Gasteiger partial charge in [0.1, 0.15) is 10.8 Å². The van der Waals surface area contributed by atoms with E-state index in [0.29, 0.717) is 27.7 Å². The molecule has 0 aliphatic rings. The minimum absolute atomic E-state index is 0.240. The maximum atomic E-state index is 12.6. The summed E-state index contributed by atoms with van der Waals surface area (Å²) in [5.74, 6) is -0.364. The molecule has 0 heterocycles. The van der Waals surface area contributed by atoms with E-state index in [1.54, 1.807) is 73.7 Å². The Hall–Kier alpha value is -3.02. The quantitative estimate of drug-likeness (QED) is 0.532. The maximum Gasteiger partial charge on any atom is 0.265 e. The normalized spacial score (nSPS) is 11.4. The second-order valence-corrected chi connectivity index (χ2v) is 6.95. The Kier molecular flexibility index (Phi) is 6.75. The van der Waals surface area contributed by atoms with Gasteiger partial charge in [-0.2, -0.15) is 0 Å². The van der Waals surface area contributed by atoms with Crippen molar-refractivity contribution in [2.45, 2.75) is 13.0 Å². The Morgan fingerprint density at radius 2 is 1.45 bits per heavy atom. The number of hydrogen-bond acceptors (Lipinski definition) is 3. The fraction of sp³-hybridized carbons (Fsp3) is 0.0909. The van der Waals surface area contributed by atoms with E-state index in [1.807, 2.05) is 6.07 Å². The van der Waals surface area contributed by atoms with Gasteiger partial charge in [0, 0.05) is 5.56 Å². The molecule has 1 atom stereocenters. The molecule has 0 aliphatic carbocycles. The van der Waals surface area contributed by atoms with Crippen molar-refractivity contribution >= 4 is 46.4 Å². The van der Waals surface area contributed by atoms with Gasteiger partial charge in [0.15, 0.2) is 6.10 Å². The van der Waals surface area contributed by atoms with Gasteiger partial charge in [-0.05, 0) is 43.3 Å². The van der Waals surface area contributed by atoms with Crippen molar-refractivity contribution in [2.75, 3.05) is 10.6 Å². The summed E-state index contributed by atoms with van der Waals surface area (Å²) in [5.41, 5.74) is 1.44. The maximum absolute atomic E-state index is 12.6. The summed E-state index contributed by atoms with van der Waals surface area (Å²) in [6.07, 6.45) is -0.844. The van der Waals surface area contributed by atoms with Crippen LogP contribution in [0.3, 0.4) is 0 Å². The zero-order valence-corrected chi connectivity index (χ0v) is 17.0. The zero-order chi connectivity index (χ0) is 20.8. The highest BCUT2D eigenvalue weighted by molar-refractivity contribution is 6.42.